The van der Waals surface area contributed by atoms with Crippen molar-refractivity contribution in [2.75, 3.05) is 16.4 Å². The van der Waals surface area contributed by atoms with Gasteiger partial charge < -0.3 is 16.4 Å². The Bertz CT molecular complexity index is 1050. The first-order valence-corrected chi connectivity index (χ1v) is 8.45. The standard InChI is InChI=1S/C18H17N7O4/c1-11(24-10-20-9-21-24)17(26)22-13-3-5-14(6-4-13)23-18(27)12-2-7-15(19)16(8-12)25(28)29/h2-11H,19H2,1H3,(H,22,26)(H,23,27). The summed E-state index contributed by atoms with van der Waals surface area (Å²) in [6, 6.07) is 9.71. The number of nitro benzene ring substituents is 1. The number of hydrogen-bond acceptors (Lipinski definition) is 7. The highest BCUT2D eigenvalue weighted by Gasteiger charge is 2.17. The highest BCUT2D eigenvalue weighted by Crippen LogP contribution is 2.23. The molecule has 2 amide bonds. The third-order valence-corrected chi connectivity index (χ3v) is 4.11. The van der Waals surface area contributed by atoms with Crippen LogP contribution in [0.4, 0.5) is 22.7 Å². The molecule has 0 bridgehead atoms. The molecule has 0 saturated heterocycles. The van der Waals surface area contributed by atoms with Crippen LogP contribution in [-0.4, -0.2) is 31.5 Å². The molecule has 0 aliphatic carbocycles. The van der Waals surface area contributed by atoms with Gasteiger partial charge in [0.2, 0.25) is 5.91 Å². The van der Waals surface area contributed by atoms with Crippen LogP contribution in [0.25, 0.3) is 0 Å². The van der Waals surface area contributed by atoms with Crippen LogP contribution >= 0.6 is 0 Å². The third kappa shape index (κ3) is 4.53. The Kier molecular flexibility index (Phi) is 5.49. The first-order valence-electron chi connectivity index (χ1n) is 8.45. The van der Waals surface area contributed by atoms with Gasteiger partial charge in [0.25, 0.3) is 11.6 Å². The van der Waals surface area contributed by atoms with Crippen LogP contribution in [-0.2, 0) is 4.79 Å². The second kappa shape index (κ2) is 8.17. The van der Waals surface area contributed by atoms with Crippen LogP contribution in [0.1, 0.15) is 23.3 Å². The van der Waals surface area contributed by atoms with E-state index in [-0.39, 0.29) is 22.8 Å². The molecule has 3 rings (SSSR count). The molecule has 0 spiro atoms. The van der Waals surface area contributed by atoms with Crippen LogP contribution in [0.2, 0.25) is 0 Å². The maximum Gasteiger partial charge on any atom is 0.292 e. The summed E-state index contributed by atoms with van der Waals surface area (Å²) < 4.78 is 1.43. The van der Waals surface area contributed by atoms with Crippen LogP contribution in [0, 0.1) is 10.1 Å². The zero-order valence-electron chi connectivity index (χ0n) is 15.3. The van der Waals surface area contributed by atoms with Crippen molar-refractivity contribution < 1.29 is 14.5 Å². The quantitative estimate of drug-likeness (QED) is 0.328. The number of rotatable bonds is 6. The number of nitro groups is 1. The molecule has 11 heteroatoms. The van der Waals surface area contributed by atoms with Gasteiger partial charge in [0.15, 0.2) is 0 Å². The molecule has 11 nitrogen and oxygen atoms in total. The van der Waals surface area contributed by atoms with Crippen molar-refractivity contribution in [1.82, 2.24) is 14.8 Å². The lowest BCUT2D eigenvalue weighted by atomic mass is 10.1. The number of carbonyl (C=O) groups is 2. The van der Waals surface area contributed by atoms with E-state index in [9.17, 15) is 19.7 Å². The molecule has 4 N–H and O–H groups in total. The number of amides is 2. The molecule has 0 aliphatic rings. The monoisotopic (exact) mass is 395 g/mol. The molecule has 1 unspecified atom stereocenters. The Morgan fingerprint density at radius 3 is 2.38 bits per heavy atom. The lowest BCUT2D eigenvalue weighted by Gasteiger charge is -2.12. The molecule has 0 fully saturated rings. The minimum absolute atomic E-state index is 0.0215. The maximum atomic E-state index is 12.3. The summed E-state index contributed by atoms with van der Waals surface area (Å²) in [7, 11) is 0. The molecule has 0 saturated carbocycles. The topological polar surface area (TPSA) is 158 Å². The van der Waals surface area contributed by atoms with Crippen molar-refractivity contribution in [3.8, 4) is 0 Å². The molecule has 1 aromatic heterocycles. The zero-order valence-corrected chi connectivity index (χ0v) is 15.3. The van der Waals surface area contributed by atoms with Crippen LogP contribution in [0.3, 0.4) is 0 Å². The third-order valence-electron chi connectivity index (χ3n) is 4.11. The molecule has 3 aromatic rings. The molecule has 29 heavy (non-hydrogen) atoms. The van der Waals surface area contributed by atoms with E-state index in [1.165, 1.54) is 29.5 Å². The van der Waals surface area contributed by atoms with E-state index in [0.29, 0.717) is 11.4 Å². The summed E-state index contributed by atoms with van der Waals surface area (Å²) in [4.78, 5) is 38.7. The largest absolute Gasteiger partial charge is 0.393 e. The average molecular weight is 395 g/mol. The summed E-state index contributed by atoms with van der Waals surface area (Å²) in [6.07, 6.45) is 2.79. The van der Waals surface area contributed by atoms with Gasteiger partial charge in [0.1, 0.15) is 24.4 Å². The smallest absolute Gasteiger partial charge is 0.292 e. The number of anilines is 3. The molecule has 1 atom stereocenters. The number of hydrogen-bond donors (Lipinski definition) is 3. The van der Waals surface area contributed by atoms with E-state index in [0.717, 1.165) is 6.07 Å². The van der Waals surface area contributed by atoms with E-state index in [4.69, 9.17) is 5.73 Å². The summed E-state index contributed by atoms with van der Waals surface area (Å²) in [5.41, 5.74) is 6.27. The predicted molar refractivity (Wildman–Crippen MR) is 105 cm³/mol. The molecular formula is C18H17N7O4. The highest BCUT2D eigenvalue weighted by atomic mass is 16.6. The van der Waals surface area contributed by atoms with Gasteiger partial charge in [-0.25, -0.2) is 9.67 Å². The molecule has 0 radical (unpaired) electrons. The number of benzene rings is 2. The van der Waals surface area contributed by atoms with Crippen molar-refractivity contribution in [2.24, 2.45) is 0 Å². The van der Waals surface area contributed by atoms with E-state index >= 15 is 0 Å². The molecule has 1 heterocycles. The number of carbonyl (C=O) groups excluding carboxylic acids is 2. The van der Waals surface area contributed by atoms with Gasteiger partial charge in [-0.3, -0.25) is 19.7 Å². The van der Waals surface area contributed by atoms with Gasteiger partial charge in [-0.15, -0.1) is 0 Å². The summed E-state index contributed by atoms with van der Waals surface area (Å²) in [5, 5.41) is 20.2. The second-order valence-corrected chi connectivity index (χ2v) is 6.10. The SMILES string of the molecule is CC(C(=O)Nc1ccc(NC(=O)c2ccc(N)c([N+](=O)[O-])c2)cc1)n1cncn1. The van der Waals surface area contributed by atoms with Crippen molar-refractivity contribution in [3.05, 3.63) is 70.8 Å². The summed E-state index contributed by atoms with van der Waals surface area (Å²) >= 11 is 0. The van der Waals surface area contributed by atoms with E-state index in [2.05, 4.69) is 20.7 Å². The number of nitrogens with one attached hydrogen (secondary N) is 2. The lowest BCUT2D eigenvalue weighted by molar-refractivity contribution is -0.383. The minimum atomic E-state index is -0.649. The first-order chi connectivity index (χ1) is 13.8. The summed E-state index contributed by atoms with van der Waals surface area (Å²) in [5.74, 6) is -0.800. The van der Waals surface area contributed by atoms with Gasteiger partial charge in [0, 0.05) is 23.0 Å². The van der Waals surface area contributed by atoms with Crippen LogP contribution in [0.15, 0.2) is 55.1 Å². The van der Waals surface area contributed by atoms with E-state index < -0.39 is 16.9 Å². The average Bonchev–Trinajstić information content (AvgIpc) is 3.23. The molecule has 2 aromatic carbocycles. The lowest BCUT2D eigenvalue weighted by Crippen LogP contribution is -2.24. The van der Waals surface area contributed by atoms with Gasteiger partial charge >= 0.3 is 0 Å². The number of aromatic nitrogens is 3. The normalized spacial score (nSPS) is 11.5. The van der Waals surface area contributed by atoms with Crippen molar-refractivity contribution in [2.45, 2.75) is 13.0 Å². The predicted octanol–water partition coefficient (Wildman–Crippen LogP) is 2.22. The Labute approximate surface area is 164 Å². The van der Waals surface area contributed by atoms with Gasteiger partial charge in [0.05, 0.1) is 4.92 Å². The van der Waals surface area contributed by atoms with Crippen LogP contribution in [0.5, 0.6) is 0 Å². The Morgan fingerprint density at radius 2 is 1.79 bits per heavy atom. The molecular weight excluding hydrogens is 378 g/mol. The fraction of sp³-hybridized carbons (Fsp3) is 0.111. The van der Waals surface area contributed by atoms with Crippen LogP contribution < -0.4 is 16.4 Å². The molecule has 0 aliphatic heterocycles. The number of nitrogens with zero attached hydrogens (tertiary/aromatic N) is 4. The first kappa shape index (κ1) is 19.5. The fourth-order valence-corrected chi connectivity index (χ4v) is 2.47. The second-order valence-electron chi connectivity index (χ2n) is 6.10. The zero-order chi connectivity index (χ0) is 21.0. The maximum absolute atomic E-state index is 12.3. The van der Waals surface area contributed by atoms with Gasteiger partial charge in [-0.05, 0) is 43.3 Å². The number of nitrogens with two attached hydrogens (primary N) is 1. The number of nitrogen functional groups attached to an aromatic ring is 1. The van der Waals surface area contributed by atoms with Crippen molar-refractivity contribution >= 4 is 34.6 Å². The Morgan fingerprint density at radius 1 is 1.14 bits per heavy atom. The van der Waals surface area contributed by atoms with E-state index in [1.807, 2.05) is 0 Å². The van der Waals surface area contributed by atoms with Gasteiger partial charge in [-0.2, -0.15) is 5.10 Å². The Hall–Kier alpha value is -4.28. The Balaban J connectivity index is 1.64. The van der Waals surface area contributed by atoms with Gasteiger partial charge in [-0.1, -0.05) is 0 Å². The van der Waals surface area contributed by atoms with E-state index in [1.54, 1.807) is 31.2 Å². The minimum Gasteiger partial charge on any atom is -0.393 e. The summed E-state index contributed by atoms with van der Waals surface area (Å²) in [6.45, 7) is 1.68. The molecule has 148 valence electrons. The fourth-order valence-electron chi connectivity index (χ4n) is 2.47. The van der Waals surface area contributed by atoms with Crippen molar-refractivity contribution in [3.63, 3.8) is 0 Å². The highest BCUT2D eigenvalue weighted by molar-refractivity contribution is 6.05. The van der Waals surface area contributed by atoms with Crippen molar-refractivity contribution in [1.29, 1.82) is 0 Å².